The molecule has 1 aromatic carbocycles. The molecule has 2 saturated heterocycles. The summed E-state index contributed by atoms with van der Waals surface area (Å²) in [5, 5.41) is 3.55. The van der Waals surface area contributed by atoms with Gasteiger partial charge >= 0.3 is 6.03 Å². The van der Waals surface area contributed by atoms with Crippen LogP contribution in [0.1, 0.15) is 19.3 Å². The lowest BCUT2D eigenvalue weighted by molar-refractivity contribution is -0.000213. The summed E-state index contributed by atoms with van der Waals surface area (Å²) in [6.07, 6.45) is 4.99. The quantitative estimate of drug-likeness (QED) is 0.674. The highest BCUT2D eigenvalue weighted by molar-refractivity contribution is 7.23. The molecule has 2 aliphatic rings. The van der Waals surface area contributed by atoms with E-state index in [4.69, 9.17) is 9.47 Å². The monoisotopic (exact) mass is 424 g/mol. The maximum Gasteiger partial charge on any atom is 0.323 e. The Morgan fingerprint density at radius 2 is 2.17 bits per heavy atom. The fourth-order valence-corrected chi connectivity index (χ4v) is 5.41. The maximum atomic E-state index is 12.9. The molecule has 8 heteroatoms. The second-order valence-corrected chi connectivity index (χ2v) is 9.00. The third-order valence-corrected chi connectivity index (χ3v) is 7.01. The summed E-state index contributed by atoms with van der Waals surface area (Å²) >= 11 is 1.45. The van der Waals surface area contributed by atoms with Crippen LogP contribution in [0.3, 0.4) is 0 Å². The highest BCUT2D eigenvalue weighted by atomic mass is 32.1. The Hall–Kier alpha value is -2.71. The topological polar surface area (TPSA) is 76.6 Å². The van der Waals surface area contributed by atoms with Crippen LogP contribution in [0.2, 0.25) is 0 Å². The van der Waals surface area contributed by atoms with Crippen molar-refractivity contribution in [3.05, 3.63) is 36.5 Å². The number of nitrogens with one attached hydrogen (secondary N) is 1. The average molecular weight is 425 g/mol. The predicted molar refractivity (Wildman–Crippen MR) is 117 cm³/mol. The molecule has 1 N–H and O–H groups in total. The Kier molecular flexibility index (Phi) is 5.04. The van der Waals surface area contributed by atoms with Crippen LogP contribution in [-0.2, 0) is 4.74 Å². The van der Waals surface area contributed by atoms with Crippen molar-refractivity contribution < 1.29 is 14.3 Å². The Morgan fingerprint density at radius 3 is 2.93 bits per heavy atom. The molecule has 0 unspecified atom stereocenters. The van der Waals surface area contributed by atoms with E-state index in [1.54, 1.807) is 13.3 Å². The lowest BCUT2D eigenvalue weighted by atomic mass is 9.82. The minimum Gasteiger partial charge on any atom is -0.479 e. The van der Waals surface area contributed by atoms with Crippen LogP contribution in [0, 0.1) is 5.41 Å². The van der Waals surface area contributed by atoms with Crippen molar-refractivity contribution in [2.24, 2.45) is 5.41 Å². The average Bonchev–Trinajstić information content (AvgIpc) is 3.38. The number of hydrogen-bond acceptors (Lipinski definition) is 6. The number of benzene rings is 1. The molecule has 5 rings (SSSR count). The molecule has 4 heterocycles. The van der Waals surface area contributed by atoms with Crippen molar-refractivity contribution in [2.75, 3.05) is 38.7 Å². The minimum atomic E-state index is -0.107. The first kappa shape index (κ1) is 19.3. The Labute approximate surface area is 179 Å². The SMILES string of the molecule is COc1ncc(-c2ccccc2)c2sc(NC(=O)N3CC[C@@]4(CCCOC4)C3)nc12. The molecule has 0 bridgehead atoms. The summed E-state index contributed by atoms with van der Waals surface area (Å²) in [5.41, 5.74) is 2.82. The molecule has 1 spiro atoms. The summed E-state index contributed by atoms with van der Waals surface area (Å²) in [4.78, 5) is 23.9. The van der Waals surface area contributed by atoms with E-state index in [1.807, 2.05) is 35.2 Å². The largest absolute Gasteiger partial charge is 0.479 e. The van der Waals surface area contributed by atoms with Gasteiger partial charge in [-0.25, -0.2) is 14.8 Å². The maximum absolute atomic E-state index is 12.9. The summed E-state index contributed by atoms with van der Waals surface area (Å²) in [6.45, 7) is 3.07. The van der Waals surface area contributed by atoms with Gasteiger partial charge in [-0.3, -0.25) is 5.32 Å². The van der Waals surface area contributed by atoms with Gasteiger partial charge in [0.2, 0.25) is 5.88 Å². The number of nitrogens with zero attached hydrogens (tertiary/aromatic N) is 3. The number of thiazole rings is 1. The molecule has 3 aromatic rings. The van der Waals surface area contributed by atoms with Crippen molar-refractivity contribution in [1.82, 2.24) is 14.9 Å². The normalized spacial score (nSPS) is 21.3. The van der Waals surface area contributed by atoms with Gasteiger partial charge in [0.05, 0.1) is 18.4 Å². The fourth-order valence-electron chi connectivity index (χ4n) is 4.43. The van der Waals surface area contributed by atoms with Gasteiger partial charge < -0.3 is 14.4 Å². The number of ether oxygens (including phenoxy) is 2. The number of rotatable bonds is 3. The molecule has 0 radical (unpaired) electrons. The van der Waals surface area contributed by atoms with Crippen molar-refractivity contribution in [3.63, 3.8) is 0 Å². The van der Waals surface area contributed by atoms with Gasteiger partial charge in [0.1, 0.15) is 5.52 Å². The summed E-state index contributed by atoms with van der Waals surface area (Å²) in [5.74, 6) is 0.459. The standard InChI is InChI=1S/C22H24N4O3S/c1-28-19-17-18(16(12-23-19)15-6-3-2-4-7-15)30-20(24-17)25-21(27)26-10-9-22(13-26)8-5-11-29-14-22/h2-4,6-7,12H,5,8-11,13-14H2,1H3,(H,24,25,27)/t22-/m0/s1. The molecule has 1 atom stereocenters. The van der Waals surface area contributed by atoms with E-state index in [9.17, 15) is 4.79 Å². The predicted octanol–water partition coefficient (Wildman–Crippen LogP) is 4.40. The van der Waals surface area contributed by atoms with Gasteiger partial charge in [0.15, 0.2) is 5.13 Å². The molecule has 7 nitrogen and oxygen atoms in total. The number of carbonyl (C=O) groups is 1. The lowest BCUT2D eigenvalue weighted by Gasteiger charge is -2.32. The van der Waals surface area contributed by atoms with Gasteiger partial charge in [-0.05, 0) is 24.8 Å². The molecular weight excluding hydrogens is 400 g/mol. The Morgan fingerprint density at radius 1 is 1.30 bits per heavy atom. The fraction of sp³-hybridized carbons (Fsp3) is 0.409. The number of hydrogen-bond donors (Lipinski definition) is 1. The van der Waals surface area contributed by atoms with E-state index in [0.717, 1.165) is 61.4 Å². The van der Waals surface area contributed by atoms with Crippen LogP contribution in [0.15, 0.2) is 36.5 Å². The molecule has 156 valence electrons. The number of methoxy groups -OCH3 is 1. The molecule has 2 aromatic heterocycles. The van der Waals surface area contributed by atoms with Crippen LogP contribution in [0.25, 0.3) is 21.3 Å². The van der Waals surface area contributed by atoms with E-state index in [2.05, 4.69) is 15.3 Å². The molecule has 30 heavy (non-hydrogen) atoms. The number of aromatic nitrogens is 2. The highest BCUT2D eigenvalue weighted by Gasteiger charge is 2.41. The van der Waals surface area contributed by atoms with E-state index in [0.29, 0.717) is 16.5 Å². The van der Waals surface area contributed by atoms with Gasteiger partial charge in [-0.15, -0.1) is 0 Å². The number of carbonyl (C=O) groups excluding carboxylic acids is 1. The first-order chi connectivity index (χ1) is 14.7. The molecule has 2 aliphatic heterocycles. The van der Waals surface area contributed by atoms with E-state index >= 15 is 0 Å². The summed E-state index contributed by atoms with van der Waals surface area (Å²) in [6, 6.07) is 9.94. The zero-order valence-corrected chi connectivity index (χ0v) is 17.7. The molecule has 0 saturated carbocycles. The third-order valence-electron chi connectivity index (χ3n) is 6.01. The molecule has 2 amide bonds. The Bertz CT molecular complexity index is 1060. The second kappa shape index (κ2) is 7.85. The van der Waals surface area contributed by atoms with E-state index < -0.39 is 0 Å². The first-order valence-electron chi connectivity index (χ1n) is 10.2. The van der Waals surface area contributed by atoms with Gasteiger partial charge in [-0.1, -0.05) is 41.7 Å². The third kappa shape index (κ3) is 3.50. The number of fused-ring (bicyclic) bond motifs is 1. The van der Waals surface area contributed by atoms with Gasteiger partial charge in [-0.2, -0.15) is 0 Å². The van der Waals surface area contributed by atoms with E-state index in [-0.39, 0.29) is 11.4 Å². The van der Waals surface area contributed by atoms with Crippen LogP contribution in [-0.4, -0.2) is 54.3 Å². The summed E-state index contributed by atoms with van der Waals surface area (Å²) in [7, 11) is 1.58. The highest BCUT2D eigenvalue weighted by Crippen LogP contribution is 2.40. The van der Waals surface area contributed by atoms with Crippen molar-refractivity contribution in [1.29, 1.82) is 0 Å². The minimum absolute atomic E-state index is 0.107. The number of amides is 2. The first-order valence-corrected chi connectivity index (χ1v) is 11.0. The lowest BCUT2D eigenvalue weighted by Crippen LogP contribution is -2.38. The number of pyridine rings is 1. The molecule has 2 fully saturated rings. The second-order valence-electron chi connectivity index (χ2n) is 8.00. The van der Waals surface area contributed by atoms with Crippen LogP contribution >= 0.6 is 11.3 Å². The van der Waals surface area contributed by atoms with E-state index in [1.165, 1.54) is 11.3 Å². The molecular formula is C22H24N4O3S. The Balaban J connectivity index is 1.40. The molecule has 0 aliphatic carbocycles. The number of urea groups is 1. The van der Waals surface area contributed by atoms with Crippen LogP contribution in [0.4, 0.5) is 9.93 Å². The summed E-state index contributed by atoms with van der Waals surface area (Å²) < 4.78 is 12.0. The van der Waals surface area contributed by atoms with Crippen molar-refractivity contribution >= 4 is 32.7 Å². The van der Waals surface area contributed by atoms with Gasteiger partial charge in [0, 0.05) is 36.9 Å². The van der Waals surface area contributed by atoms with Gasteiger partial charge in [0.25, 0.3) is 0 Å². The van der Waals surface area contributed by atoms with Crippen molar-refractivity contribution in [3.8, 4) is 17.0 Å². The smallest absolute Gasteiger partial charge is 0.323 e. The van der Waals surface area contributed by atoms with Crippen molar-refractivity contribution in [2.45, 2.75) is 19.3 Å². The number of likely N-dealkylation sites (tertiary alicyclic amines) is 1. The zero-order chi connectivity index (χ0) is 20.6. The van der Waals surface area contributed by atoms with Crippen LogP contribution < -0.4 is 10.1 Å². The zero-order valence-electron chi connectivity index (χ0n) is 16.9. The number of anilines is 1. The van der Waals surface area contributed by atoms with Crippen LogP contribution in [0.5, 0.6) is 5.88 Å².